The number of halogens is 2. The average molecular weight is 328 g/mol. The first-order valence-electron chi connectivity index (χ1n) is 6.26. The van der Waals surface area contributed by atoms with Crippen LogP contribution in [0.15, 0.2) is 41.3 Å². The van der Waals surface area contributed by atoms with E-state index < -0.39 is 15.7 Å². The first kappa shape index (κ1) is 15.8. The molecule has 0 aliphatic heterocycles. The minimum absolute atomic E-state index is 0.0657. The van der Waals surface area contributed by atoms with Crippen molar-refractivity contribution >= 4 is 27.1 Å². The summed E-state index contributed by atoms with van der Waals surface area (Å²) in [6.07, 6.45) is 1.17. The number of benzene rings is 2. The Morgan fingerprint density at radius 2 is 1.90 bits per heavy atom. The van der Waals surface area contributed by atoms with Crippen molar-refractivity contribution in [3.8, 4) is 0 Å². The van der Waals surface area contributed by atoms with Gasteiger partial charge < -0.3 is 5.32 Å². The van der Waals surface area contributed by atoms with Crippen molar-refractivity contribution in [3.63, 3.8) is 0 Å². The maximum Gasteiger partial charge on any atom is 0.175 e. The van der Waals surface area contributed by atoms with E-state index >= 15 is 0 Å². The molecule has 0 unspecified atom stereocenters. The summed E-state index contributed by atoms with van der Waals surface area (Å²) in [7, 11) is -3.25. The molecule has 0 aliphatic rings. The van der Waals surface area contributed by atoms with Crippen LogP contribution in [-0.2, 0) is 16.4 Å². The van der Waals surface area contributed by atoms with E-state index in [-0.39, 0.29) is 9.92 Å². The zero-order valence-corrected chi connectivity index (χ0v) is 13.2. The van der Waals surface area contributed by atoms with Crippen LogP contribution < -0.4 is 5.32 Å². The molecule has 0 saturated carbocycles. The molecule has 112 valence electrons. The lowest BCUT2D eigenvalue weighted by molar-refractivity contribution is 0.602. The minimum atomic E-state index is -3.25. The van der Waals surface area contributed by atoms with Gasteiger partial charge in [-0.1, -0.05) is 23.7 Å². The standard InChI is InChI=1S/C15H15ClFNO2S/c1-10-3-5-12(21(2,19)20)8-15(10)18-9-11-4-6-14(17)13(16)7-11/h3-8,18H,9H2,1-2H3. The second-order valence-corrected chi connectivity index (χ2v) is 7.27. The summed E-state index contributed by atoms with van der Waals surface area (Å²) in [5.41, 5.74) is 2.46. The van der Waals surface area contributed by atoms with Gasteiger partial charge in [-0.05, 0) is 42.3 Å². The van der Waals surface area contributed by atoms with Crippen LogP contribution in [0, 0.1) is 12.7 Å². The molecular weight excluding hydrogens is 313 g/mol. The highest BCUT2D eigenvalue weighted by Gasteiger charge is 2.09. The third-order valence-corrected chi connectivity index (χ3v) is 4.50. The molecule has 2 aromatic rings. The second kappa shape index (κ2) is 6.03. The zero-order valence-electron chi connectivity index (χ0n) is 11.7. The van der Waals surface area contributed by atoms with Crippen LogP contribution in [-0.4, -0.2) is 14.7 Å². The Morgan fingerprint density at radius 1 is 1.19 bits per heavy atom. The van der Waals surface area contributed by atoms with Crippen LogP contribution >= 0.6 is 11.6 Å². The number of anilines is 1. The molecule has 0 atom stereocenters. The third-order valence-electron chi connectivity index (χ3n) is 3.10. The summed E-state index contributed by atoms with van der Waals surface area (Å²) >= 11 is 5.73. The lowest BCUT2D eigenvalue weighted by Gasteiger charge is -2.11. The van der Waals surface area contributed by atoms with Gasteiger partial charge in [0.25, 0.3) is 0 Å². The van der Waals surface area contributed by atoms with Crippen LogP contribution in [0.2, 0.25) is 5.02 Å². The number of hydrogen-bond donors (Lipinski definition) is 1. The van der Waals surface area contributed by atoms with E-state index in [0.717, 1.165) is 16.8 Å². The lowest BCUT2D eigenvalue weighted by Crippen LogP contribution is -2.04. The molecule has 0 radical (unpaired) electrons. The van der Waals surface area contributed by atoms with Gasteiger partial charge in [-0.2, -0.15) is 0 Å². The van der Waals surface area contributed by atoms with Crippen LogP contribution in [0.5, 0.6) is 0 Å². The molecule has 21 heavy (non-hydrogen) atoms. The van der Waals surface area contributed by atoms with Crippen molar-refractivity contribution in [2.45, 2.75) is 18.4 Å². The maximum absolute atomic E-state index is 13.1. The first-order valence-corrected chi connectivity index (χ1v) is 8.53. The van der Waals surface area contributed by atoms with Crippen molar-refractivity contribution in [1.29, 1.82) is 0 Å². The third kappa shape index (κ3) is 3.95. The molecule has 0 spiro atoms. The fourth-order valence-corrected chi connectivity index (χ4v) is 2.72. The molecule has 6 heteroatoms. The number of hydrogen-bond acceptors (Lipinski definition) is 3. The molecule has 0 aliphatic carbocycles. The van der Waals surface area contributed by atoms with E-state index in [9.17, 15) is 12.8 Å². The van der Waals surface area contributed by atoms with E-state index in [1.165, 1.54) is 12.3 Å². The molecule has 2 rings (SSSR count). The number of aryl methyl sites for hydroxylation is 1. The van der Waals surface area contributed by atoms with Crippen molar-refractivity contribution < 1.29 is 12.8 Å². The summed E-state index contributed by atoms with van der Waals surface area (Å²) < 4.78 is 36.2. The molecule has 1 N–H and O–H groups in total. The Morgan fingerprint density at radius 3 is 2.52 bits per heavy atom. The van der Waals surface area contributed by atoms with Gasteiger partial charge in [-0.25, -0.2) is 12.8 Å². The Kier molecular flexibility index (Phi) is 4.54. The highest BCUT2D eigenvalue weighted by molar-refractivity contribution is 7.90. The Balaban J connectivity index is 2.21. The van der Waals surface area contributed by atoms with Gasteiger partial charge in [0.2, 0.25) is 0 Å². The predicted octanol–water partition coefficient (Wildman–Crippen LogP) is 3.80. The number of nitrogens with one attached hydrogen (secondary N) is 1. The normalized spacial score (nSPS) is 11.4. The van der Waals surface area contributed by atoms with Crippen molar-refractivity contribution in [2.75, 3.05) is 11.6 Å². The minimum Gasteiger partial charge on any atom is -0.381 e. The summed E-state index contributed by atoms with van der Waals surface area (Å²) in [6, 6.07) is 9.39. The highest BCUT2D eigenvalue weighted by Crippen LogP contribution is 2.22. The monoisotopic (exact) mass is 327 g/mol. The second-order valence-electron chi connectivity index (χ2n) is 4.85. The van der Waals surface area contributed by atoms with Gasteiger partial charge in [-0.15, -0.1) is 0 Å². The molecule has 2 aromatic carbocycles. The van der Waals surface area contributed by atoms with E-state index in [4.69, 9.17) is 11.6 Å². The van der Waals surface area contributed by atoms with Gasteiger partial charge >= 0.3 is 0 Å². The van der Waals surface area contributed by atoms with Gasteiger partial charge in [0.1, 0.15) is 5.82 Å². The quantitative estimate of drug-likeness (QED) is 0.929. The molecule has 0 saturated heterocycles. The molecule has 0 bridgehead atoms. The van der Waals surface area contributed by atoms with E-state index in [0.29, 0.717) is 6.54 Å². The molecule has 0 amide bonds. The number of sulfone groups is 1. The Labute approximate surface area is 128 Å². The summed E-state index contributed by atoms with van der Waals surface area (Å²) in [6.45, 7) is 2.31. The zero-order chi connectivity index (χ0) is 15.6. The van der Waals surface area contributed by atoms with Gasteiger partial charge in [0.15, 0.2) is 9.84 Å². The summed E-state index contributed by atoms with van der Waals surface area (Å²) in [4.78, 5) is 0.257. The van der Waals surface area contributed by atoms with Crippen molar-refractivity contribution in [1.82, 2.24) is 0 Å². The fraction of sp³-hybridized carbons (Fsp3) is 0.200. The smallest absolute Gasteiger partial charge is 0.175 e. The van der Waals surface area contributed by atoms with Gasteiger partial charge in [0.05, 0.1) is 9.92 Å². The predicted molar refractivity (Wildman–Crippen MR) is 83.0 cm³/mol. The largest absolute Gasteiger partial charge is 0.381 e. The van der Waals surface area contributed by atoms with Crippen LogP contribution in [0.4, 0.5) is 10.1 Å². The fourth-order valence-electron chi connectivity index (χ4n) is 1.87. The molecule has 0 heterocycles. The van der Waals surface area contributed by atoms with Crippen molar-refractivity contribution in [3.05, 3.63) is 58.4 Å². The van der Waals surface area contributed by atoms with Crippen LogP contribution in [0.3, 0.4) is 0 Å². The van der Waals surface area contributed by atoms with E-state index in [2.05, 4.69) is 5.32 Å². The summed E-state index contributed by atoms with van der Waals surface area (Å²) in [5, 5.41) is 3.21. The Hall–Kier alpha value is -1.59. The molecule has 0 aromatic heterocycles. The van der Waals surface area contributed by atoms with E-state index in [1.54, 1.807) is 30.3 Å². The first-order chi connectivity index (χ1) is 9.77. The van der Waals surface area contributed by atoms with Crippen LogP contribution in [0.1, 0.15) is 11.1 Å². The maximum atomic E-state index is 13.1. The van der Waals surface area contributed by atoms with Gasteiger partial charge in [0, 0.05) is 18.5 Å². The van der Waals surface area contributed by atoms with Crippen molar-refractivity contribution in [2.24, 2.45) is 0 Å². The molecule has 3 nitrogen and oxygen atoms in total. The lowest BCUT2D eigenvalue weighted by atomic mass is 10.1. The average Bonchev–Trinajstić information content (AvgIpc) is 2.40. The van der Waals surface area contributed by atoms with Gasteiger partial charge in [-0.3, -0.25) is 0 Å². The SMILES string of the molecule is Cc1ccc(S(C)(=O)=O)cc1NCc1ccc(F)c(Cl)c1. The Bertz CT molecular complexity index is 775. The summed E-state index contributed by atoms with van der Waals surface area (Å²) in [5.74, 6) is -0.462. The number of rotatable bonds is 4. The molecular formula is C15H15ClFNO2S. The van der Waals surface area contributed by atoms with E-state index in [1.807, 2.05) is 6.92 Å². The van der Waals surface area contributed by atoms with Crippen LogP contribution in [0.25, 0.3) is 0 Å². The molecule has 0 fully saturated rings. The highest BCUT2D eigenvalue weighted by atomic mass is 35.5. The topological polar surface area (TPSA) is 46.2 Å².